The maximum absolute atomic E-state index is 13.4. The summed E-state index contributed by atoms with van der Waals surface area (Å²) < 4.78 is 5.80. The van der Waals surface area contributed by atoms with Crippen LogP contribution in [-0.4, -0.2) is 28.4 Å². The average Bonchev–Trinajstić information content (AvgIpc) is 3.10. The van der Waals surface area contributed by atoms with E-state index < -0.39 is 17.7 Å². The van der Waals surface area contributed by atoms with Crippen molar-refractivity contribution >= 4 is 23.1 Å². The molecule has 0 bridgehead atoms. The largest absolute Gasteiger partial charge is 0.507 e. The Morgan fingerprint density at radius 2 is 1.80 bits per heavy atom. The van der Waals surface area contributed by atoms with Crippen LogP contribution in [-0.2, 0) is 15.0 Å². The minimum Gasteiger partial charge on any atom is -0.507 e. The van der Waals surface area contributed by atoms with Gasteiger partial charge in [-0.3, -0.25) is 19.5 Å². The summed E-state index contributed by atoms with van der Waals surface area (Å²) >= 11 is 0. The van der Waals surface area contributed by atoms with Crippen LogP contribution in [0.2, 0.25) is 0 Å². The zero-order valence-electron chi connectivity index (χ0n) is 20.7. The lowest BCUT2D eigenvalue weighted by atomic mass is 9.84. The van der Waals surface area contributed by atoms with Gasteiger partial charge in [-0.2, -0.15) is 0 Å². The molecular formula is C29H30N2O4. The highest BCUT2D eigenvalue weighted by molar-refractivity contribution is 6.51. The predicted octanol–water partition coefficient (Wildman–Crippen LogP) is 5.71. The highest BCUT2D eigenvalue weighted by Gasteiger charge is 2.47. The summed E-state index contributed by atoms with van der Waals surface area (Å²) in [5, 5.41) is 11.5. The number of ketones is 1. The second-order valence-electron chi connectivity index (χ2n) is 9.68. The number of hydrogen-bond acceptors (Lipinski definition) is 5. The van der Waals surface area contributed by atoms with Gasteiger partial charge in [0.2, 0.25) is 0 Å². The third-order valence-electron chi connectivity index (χ3n) is 6.12. The maximum Gasteiger partial charge on any atom is 0.300 e. The zero-order valence-corrected chi connectivity index (χ0v) is 20.7. The molecule has 6 heteroatoms. The first-order valence-electron chi connectivity index (χ1n) is 11.7. The number of pyridine rings is 1. The number of carbonyl (C=O) groups excluding carboxylic acids is 2. The van der Waals surface area contributed by atoms with E-state index in [0.29, 0.717) is 23.4 Å². The molecule has 2 heterocycles. The molecule has 6 nitrogen and oxygen atoms in total. The summed E-state index contributed by atoms with van der Waals surface area (Å²) in [5.41, 5.74) is 3.36. The van der Waals surface area contributed by atoms with Crippen LogP contribution in [0.3, 0.4) is 0 Å². The van der Waals surface area contributed by atoms with Gasteiger partial charge in [0.05, 0.1) is 18.2 Å². The van der Waals surface area contributed by atoms with E-state index >= 15 is 0 Å². The lowest BCUT2D eigenvalue weighted by Crippen LogP contribution is -2.29. The van der Waals surface area contributed by atoms with Gasteiger partial charge in [0, 0.05) is 29.2 Å². The molecular weight excluding hydrogens is 440 g/mol. The summed E-state index contributed by atoms with van der Waals surface area (Å²) in [6.07, 6.45) is 3.24. The number of nitrogens with zero attached hydrogens (tertiary/aromatic N) is 2. The zero-order chi connectivity index (χ0) is 25.3. The van der Waals surface area contributed by atoms with E-state index in [9.17, 15) is 14.7 Å². The van der Waals surface area contributed by atoms with Gasteiger partial charge in [-0.05, 0) is 61.2 Å². The second-order valence-corrected chi connectivity index (χ2v) is 9.68. The topological polar surface area (TPSA) is 79.7 Å². The first-order valence-corrected chi connectivity index (χ1v) is 11.7. The third kappa shape index (κ3) is 4.56. The molecule has 1 atom stereocenters. The Hall–Kier alpha value is -3.93. The summed E-state index contributed by atoms with van der Waals surface area (Å²) in [7, 11) is 0. The number of aryl methyl sites for hydroxylation is 1. The van der Waals surface area contributed by atoms with Crippen molar-refractivity contribution in [1.29, 1.82) is 0 Å². The monoisotopic (exact) mass is 470 g/mol. The molecule has 4 rings (SSSR count). The van der Waals surface area contributed by atoms with E-state index in [-0.39, 0.29) is 16.7 Å². The molecule has 1 unspecified atom stereocenters. The van der Waals surface area contributed by atoms with E-state index in [1.807, 2.05) is 32.0 Å². The van der Waals surface area contributed by atoms with Gasteiger partial charge in [0.1, 0.15) is 11.5 Å². The normalized spacial score (nSPS) is 17.6. The van der Waals surface area contributed by atoms with Gasteiger partial charge in [-0.25, -0.2) is 0 Å². The number of ether oxygens (including phenoxy) is 1. The van der Waals surface area contributed by atoms with Gasteiger partial charge in [0.25, 0.3) is 11.7 Å². The molecule has 180 valence electrons. The predicted molar refractivity (Wildman–Crippen MR) is 137 cm³/mol. The number of carbonyl (C=O) groups is 2. The van der Waals surface area contributed by atoms with E-state index in [2.05, 4.69) is 25.8 Å². The SMILES string of the molecule is CCOc1ccc(/C(O)=C2/C(=O)C(=O)N(c3ccc(C)cc3)C2c2cccnc2)cc1C(C)(C)C. The molecule has 0 radical (unpaired) electrons. The number of amides is 1. The fraction of sp³-hybridized carbons (Fsp3) is 0.276. The minimum atomic E-state index is -0.809. The van der Waals surface area contributed by atoms with Crippen molar-refractivity contribution in [2.45, 2.75) is 46.1 Å². The quantitative estimate of drug-likeness (QED) is 0.293. The highest BCUT2D eigenvalue weighted by Crippen LogP contribution is 2.43. The highest BCUT2D eigenvalue weighted by atomic mass is 16.5. The van der Waals surface area contributed by atoms with Crippen LogP contribution < -0.4 is 9.64 Å². The van der Waals surface area contributed by atoms with Crippen molar-refractivity contribution < 1.29 is 19.4 Å². The van der Waals surface area contributed by atoms with Crippen molar-refractivity contribution in [3.05, 3.63) is 94.8 Å². The van der Waals surface area contributed by atoms with Gasteiger partial charge < -0.3 is 9.84 Å². The summed E-state index contributed by atoms with van der Waals surface area (Å²) in [6.45, 7) is 10.6. The molecule has 35 heavy (non-hydrogen) atoms. The van der Waals surface area contributed by atoms with Crippen LogP contribution in [0.15, 0.2) is 72.6 Å². The van der Waals surface area contributed by atoms with Crippen molar-refractivity contribution in [3.8, 4) is 5.75 Å². The average molecular weight is 471 g/mol. The lowest BCUT2D eigenvalue weighted by Gasteiger charge is -2.26. The Bertz CT molecular complexity index is 1290. The number of aliphatic hydroxyl groups is 1. The first kappa shape index (κ1) is 24.2. The Morgan fingerprint density at radius 3 is 2.40 bits per heavy atom. The number of hydrogen-bond donors (Lipinski definition) is 1. The number of rotatable bonds is 5. The number of anilines is 1. The fourth-order valence-corrected chi connectivity index (χ4v) is 4.36. The molecule has 1 aliphatic heterocycles. The first-order chi connectivity index (χ1) is 16.6. The smallest absolute Gasteiger partial charge is 0.300 e. The second kappa shape index (κ2) is 9.37. The molecule has 2 aromatic carbocycles. The Morgan fingerprint density at radius 1 is 1.09 bits per heavy atom. The number of Topliss-reactive ketones (excluding diaryl/α,β-unsaturated/α-hetero) is 1. The van der Waals surface area contributed by atoms with Crippen LogP contribution >= 0.6 is 0 Å². The van der Waals surface area contributed by atoms with Crippen LogP contribution in [0, 0.1) is 6.92 Å². The summed E-state index contributed by atoms with van der Waals surface area (Å²) in [4.78, 5) is 32.3. The Labute approximate surface area is 205 Å². The Kier molecular flexibility index (Phi) is 6.48. The van der Waals surface area contributed by atoms with Gasteiger partial charge in [-0.1, -0.05) is 44.5 Å². The van der Waals surface area contributed by atoms with Gasteiger partial charge >= 0.3 is 0 Å². The van der Waals surface area contributed by atoms with Crippen LogP contribution in [0.1, 0.15) is 56.0 Å². The summed E-state index contributed by atoms with van der Waals surface area (Å²) in [5.74, 6) is -0.921. The van der Waals surface area contributed by atoms with Crippen molar-refractivity contribution in [2.24, 2.45) is 0 Å². The molecule has 1 aliphatic rings. The van der Waals surface area contributed by atoms with Crippen molar-refractivity contribution in [2.75, 3.05) is 11.5 Å². The van der Waals surface area contributed by atoms with Gasteiger partial charge in [-0.15, -0.1) is 0 Å². The molecule has 1 saturated heterocycles. The Balaban J connectivity index is 1.93. The molecule has 0 aliphatic carbocycles. The third-order valence-corrected chi connectivity index (χ3v) is 6.12. The molecule has 1 aromatic heterocycles. The number of aliphatic hydroxyl groups excluding tert-OH is 1. The van der Waals surface area contributed by atoms with Gasteiger partial charge in [0.15, 0.2) is 0 Å². The fourth-order valence-electron chi connectivity index (χ4n) is 4.36. The number of aromatic nitrogens is 1. The standard InChI is InChI=1S/C29H30N2O4/c1-6-35-23-14-11-19(16-22(23)29(3,4)5)26(32)24-25(20-8-7-15-30-17-20)31(28(34)27(24)33)21-12-9-18(2)10-13-21/h7-17,25,32H,6H2,1-5H3/b26-24-. The van der Waals surface area contributed by atoms with Crippen LogP contribution in [0.4, 0.5) is 5.69 Å². The van der Waals surface area contributed by atoms with Crippen molar-refractivity contribution in [1.82, 2.24) is 4.98 Å². The van der Waals surface area contributed by atoms with Crippen LogP contribution in [0.25, 0.3) is 5.76 Å². The summed E-state index contributed by atoms with van der Waals surface area (Å²) in [6, 6.07) is 15.5. The molecule has 1 amide bonds. The molecule has 0 saturated carbocycles. The molecule has 3 aromatic rings. The van der Waals surface area contributed by atoms with E-state index in [0.717, 1.165) is 16.9 Å². The van der Waals surface area contributed by atoms with E-state index in [1.54, 1.807) is 48.8 Å². The molecule has 1 N–H and O–H groups in total. The molecule has 0 spiro atoms. The number of benzene rings is 2. The maximum atomic E-state index is 13.4. The van der Waals surface area contributed by atoms with Crippen LogP contribution in [0.5, 0.6) is 5.75 Å². The lowest BCUT2D eigenvalue weighted by molar-refractivity contribution is -0.132. The van der Waals surface area contributed by atoms with E-state index in [4.69, 9.17) is 4.74 Å². The minimum absolute atomic E-state index is 0.0348. The van der Waals surface area contributed by atoms with E-state index in [1.165, 1.54) is 4.90 Å². The van der Waals surface area contributed by atoms with Crippen molar-refractivity contribution in [3.63, 3.8) is 0 Å². The molecule has 1 fully saturated rings.